The van der Waals surface area contributed by atoms with Gasteiger partial charge in [-0.3, -0.25) is 4.90 Å². The highest BCUT2D eigenvalue weighted by Gasteiger charge is 2.19. The molecule has 5 nitrogen and oxygen atoms in total. The van der Waals surface area contributed by atoms with E-state index in [4.69, 9.17) is 4.74 Å². The van der Waals surface area contributed by atoms with E-state index in [9.17, 15) is 0 Å². The molecular weight excluding hydrogens is 308 g/mol. The second kappa shape index (κ2) is 7.05. The topological polar surface area (TPSA) is 41.5 Å². The summed E-state index contributed by atoms with van der Waals surface area (Å²) in [5, 5.41) is 1.03. The molecule has 1 aliphatic rings. The van der Waals surface area contributed by atoms with Gasteiger partial charge in [0, 0.05) is 49.8 Å². The van der Waals surface area contributed by atoms with Gasteiger partial charge < -0.3 is 9.64 Å². The minimum absolute atomic E-state index is 0.634. The van der Waals surface area contributed by atoms with Gasteiger partial charge in [0.25, 0.3) is 0 Å². The molecule has 1 aromatic rings. The molecule has 0 amide bonds. The molecule has 19 heavy (non-hydrogen) atoms. The fraction of sp³-hybridized carbons (Fsp3) is 0.692. The zero-order valence-electron chi connectivity index (χ0n) is 11.6. The van der Waals surface area contributed by atoms with Crippen LogP contribution in [0.5, 0.6) is 5.88 Å². The molecule has 106 valence electrons. The maximum Gasteiger partial charge on any atom is 0.228 e. The van der Waals surface area contributed by atoms with E-state index in [1.807, 2.05) is 19.9 Å². The van der Waals surface area contributed by atoms with E-state index >= 15 is 0 Å². The number of hydrogen-bond donors (Lipinski definition) is 0. The lowest BCUT2D eigenvalue weighted by Crippen LogP contribution is -2.47. The Morgan fingerprint density at radius 3 is 2.63 bits per heavy atom. The van der Waals surface area contributed by atoms with E-state index in [0.717, 1.165) is 49.7 Å². The smallest absolute Gasteiger partial charge is 0.228 e. The van der Waals surface area contributed by atoms with Crippen molar-refractivity contribution in [1.29, 1.82) is 0 Å². The molecule has 6 heteroatoms. The molecule has 0 atom stereocenters. The third kappa shape index (κ3) is 4.04. The first-order valence-corrected chi connectivity index (χ1v) is 7.87. The summed E-state index contributed by atoms with van der Waals surface area (Å²) >= 11 is 3.48. The van der Waals surface area contributed by atoms with Gasteiger partial charge in [0.05, 0.1) is 6.61 Å². The first-order valence-electron chi connectivity index (χ1n) is 6.74. The largest absolute Gasteiger partial charge is 0.478 e. The number of halogens is 1. The van der Waals surface area contributed by atoms with Gasteiger partial charge in [0.1, 0.15) is 0 Å². The van der Waals surface area contributed by atoms with Crippen LogP contribution in [0, 0.1) is 6.92 Å². The fourth-order valence-corrected chi connectivity index (χ4v) is 2.68. The van der Waals surface area contributed by atoms with Gasteiger partial charge in [0.15, 0.2) is 0 Å². The predicted molar refractivity (Wildman–Crippen MR) is 80.4 cm³/mol. The van der Waals surface area contributed by atoms with Crippen molar-refractivity contribution < 1.29 is 4.74 Å². The number of alkyl halides is 1. The minimum atomic E-state index is 0.634. The third-order valence-electron chi connectivity index (χ3n) is 3.17. The molecule has 2 rings (SSSR count). The van der Waals surface area contributed by atoms with Crippen molar-refractivity contribution in [3.8, 4) is 5.88 Å². The molecule has 0 aromatic carbocycles. The second-order valence-electron chi connectivity index (χ2n) is 4.60. The van der Waals surface area contributed by atoms with E-state index in [1.165, 1.54) is 0 Å². The summed E-state index contributed by atoms with van der Waals surface area (Å²) in [7, 11) is 0. The van der Waals surface area contributed by atoms with Gasteiger partial charge in [0.2, 0.25) is 11.8 Å². The van der Waals surface area contributed by atoms with E-state index in [0.29, 0.717) is 12.5 Å². The average molecular weight is 329 g/mol. The first-order chi connectivity index (χ1) is 9.22. The summed E-state index contributed by atoms with van der Waals surface area (Å²) in [5.41, 5.74) is 0.955. The molecule has 0 N–H and O–H groups in total. The van der Waals surface area contributed by atoms with Crippen LogP contribution in [-0.4, -0.2) is 59.5 Å². The Balaban J connectivity index is 2.02. The Bertz CT molecular complexity index is 408. The zero-order valence-corrected chi connectivity index (χ0v) is 13.2. The van der Waals surface area contributed by atoms with Crippen LogP contribution in [0.4, 0.5) is 5.95 Å². The van der Waals surface area contributed by atoms with Crippen molar-refractivity contribution in [2.75, 3.05) is 49.6 Å². The van der Waals surface area contributed by atoms with Gasteiger partial charge in [-0.1, -0.05) is 15.9 Å². The van der Waals surface area contributed by atoms with Crippen LogP contribution in [0.2, 0.25) is 0 Å². The molecule has 0 bridgehead atoms. The average Bonchev–Trinajstić information content (AvgIpc) is 2.40. The van der Waals surface area contributed by atoms with Crippen LogP contribution in [-0.2, 0) is 0 Å². The third-order valence-corrected chi connectivity index (χ3v) is 3.52. The monoisotopic (exact) mass is 328 g/mol. The Kier molecular flexibility index (Phi) is 5.39. The Morgan fingerprint density at radius 2 is 2.00 bits per heavy atom. The van der Waals surface area contributed by atoms with Gasteiger partial charge in [-0.25, -0.2) is 4.98 Å². The Morgan fingerprint density at radius 1 is 1.26 bits per heavy atom. The molecule has 0 radical (unpaired) electrons. The minimum Gasteiger partial charge on any atom is -0.478 e. The lowest BCUT2D eigenvalue weighted by molar-refractivity contribution is 0.271. The van der Waals surface area contributed by atoms with E-state index in [2.05, 4.69) is 35.7 Å². The van der Waals surface area contributed by atoms with Crippen LogP contribution < -0.4 is 9.64 Å². The molecular formula is C13H21BrN4O. The van der Waals surface area contributed by atoms with E-state index in [-0.39, 0.29) is 0 Å². The van der Waals surface area contributed by atoms with E-state index < -0.39 is 0 Å². The Hall–Kier alpha value is -0.880. The molecule has 0 spiro atoms. The summed E-state index contributed by atoms with van der Waals surface area (Å²) in [6.07, 6.45) is 0. The Labute approximate surface area is 123 Å². The van der Waals surface area contributed by atoms with Crippen LogP contribution in [0.3, 0.4) is 0 Å². The van der Waals surface area contributed by atoms with Gasteiger partial charge in [-0.15, -0.1) is 0 Å². The SMILES string of the molecule is CCOc1cc(C)nc(N2CCN(CCBr)CC2)n1. The summed E-state index contributed by atoms with van der Waals surface area (Å²) in [4.78, 5) is 13.7. The van der Waals surface area contributed by atoms with Crippen LogP contribution in [0.15, 0.2) is 6.07 Å². The highest BCUT2D eigenvalue weighted by atomic mass is 79.9. The van der Waals surface area contributed by atoms with Gasteiger partial charge >= 0.3 is 0 Å². The first kappa shape index (κ1) is 14.5. The van der Waals surface area contributed by atoms with Crippen LogP contribution in [0.1, 0.15) is 12.6 Å². The number of nitrogens with zero attached hydrogens (tertiary/aromatic N) is 4. The van der Waals surface area contributed by atoms with Crippen molar-refractivity contribution in [2.45, 2.75) is 13.8 Å². The lowest BCUT2D eigenvalue weighted by Gasteiger charge is -2.34. The number of aryl methyl sites for hydroxylation is 1. The molecule has 1 fully saturated rings. The van der Waals surface area contributed by atoms with Crippen molar-refractivity contribution in [3.63, 3.8) is 0 Å². The highest BCUT2D eigenvalue weighted by molar-refractivity contribution is 9.09. The molecule has 0 saturated carbocycles. The second-order valence-corrected chi connectivity index (χ2v) is 5.39. The molecule has 1 aliphatic heterocycles. The van der Waals surface area contributed by atoms with Crippen molar-refractivity contribution in [3.05, 3.63) is 11.8 Å². The number of anilines is 1. The molecule has 1 aromatic heterocycles. The van der Waals surface area contributed by atoms with Gasteiger partial charge in [-0.05, 0) is 13.8 Å². The van der Waals surface area contributed by atoms with Crippen LogP contribution in [0.25, 0.3) is 0 Å². The number of hydrogen-bond acceptors (Lipinski definition) is 5. The summed E-state index contributed by atoms with van der Waals surface area (Å²) < 4.78 is 5.48. The van der Waals surface area contributed by atoms with Crippen LogP contribution >= 0.6 is 15.9 Å². The quantitative estimate of drug-likeness (QED) is 0.769. The molecule has 1 saturated heterocycles. The van der Waals surface area contributed by atoms with Gasteiger partial charge in [-0.2, -0.15) is 4.98 Å². The maximum atomic E-state index is 5.48. The maximum absolute atomic E-state index is 5.48. The molecule has 2 heterocycles. The summed E-state index contributed by atoms with van der Waals surface area (Å²) in [6, 6.07) is 1.88. The lowest BCUT2D eigenvalue weighted by atomic mass is 10.3. The zero-order chi connectivity index (χ0) is 13.7. The van der Waals surface area contributed by atoms with Crippen molar-refractivity contribution in [2.24, 2.45) is 0 Å². The van der Waals surface area contributed by atoms with Crippen molar-refractivity contribution in [1.82, 2.24) is 14.9 Å². The van der Waals surface area contributed by atoms with Crippen molar-refractivity contribution >= 4 is 21.9 Å². The molecule has 0 unspecified atom stereocenters. The standard InChI is InChI=1S/C13H21BrN4O/c1-3-19-12-10-11(2)15-13(16-12)18-8-6-17(5-4-14)7-9-18/h10H,3-9H2,1-2H3. The number of rotatable bonds is 5. The number of piperazine rings is 1. The number of aromatic nitrogens is 2. The normalized spacial score (nSPS) is 16.7. The fourth-order valence-electron chi connectivity index (χ4n) is 2.18. The van der Waals surface area contributed by atoms with E-state index in [1.54, 1.807) is 0 Å². The number of ether oxygens (including phenoxy) is 1. The molecule has 0 aliphatic carbocycles. The summed E-state index contributed by atoms with van der Waals surface area (Å²) in [5.74, 6) is 1.47. The predicted octanol–water partition coefficient (Wildman–Crippen LogP) is 1.70. The highest BCUT2D eigenvalue weighted by Crippen LogP contribution is 2.17. The summed E-state index contributed by atoms with van der Waals surface area (Å²) in [6.45, 7) is 9.76.